The average Bonchev–Trinajstić information content (AvgIpc) is 3.37. The van der Waals surface area contributed by atoms with Crippen molar-refractivity contribution < 1.29 is 4.74 Å². The zero-order valence-electron chi connectivity index (χ0n) is 12.1. The van der Waals surface area contributed by atoms with E-state index >= 15 is 0 Å². The molecule has 1 aliphatic carbocycles. The highest BCUT2D eigenvalue weighted by Gasteiger charge is 2.25. The van der Waals surface area contributed by atoms with Crippen LogP contribution in [0, 0.1) is 11.3 Å². The number of nitrogens with zero attached hydrogens (tertiary/aromatic N) is 1. The van der Waals surface area contributed by atoms with E-state index in [0.717, 1.165) is 11.6 Å². The van der Waals surface area contributed by atoms with Crippen molar-refractivity contribution in [3.05, 3.63) is 59.2 Å². The van der Waals surface area contributed by atoms with Crippen molar-refractivity contribution in [1.82, 2.24) is 0 Å². The van der Waals surface area contributed by atoms with Crippen molar-refractivity contribution in [2.24, 2.45) is 0 Å². The normalized spacial score (nSPS) is 13.5. The Morgan fingerprint density at radius 1 is 1.19 bits per heavy atom. The zero-order valence-corrected chi connectivity index (χ0v) is 12.1. The maximum atomic E-state index is 9.24. The van der Waals surface area contributed by atoms with Gasteiger partial charge in [-0.15, -0.1) is 0 Å². The van der Waals surface area contributed by atoms with Crippen LogP contribution in [-0.4, -0.2) is 7.11 Å². The summed E-state index contributed by atoms with van der Waals surface area (Å²) >= 11 is 0. The van der Waals surface area contributed by atoms with Gasteiger partial charge in [-0.3, -0.25) is 0 Å². The van der Waals surface area contributed by atoms with E-state index in [1.54, 1.807) is 13.2 Å². The Labute approximate surface area is 125 Å². The quantitative estimate of drug-likeness (QED) is 0.897. The minimum atomic E-state index is 0.609. The van der Waals surface area contributed by atoms with Crippen LogP contribution in [0.25, 0.3) is 0 Å². The molecule has 2 aromatic rings. The molecule has 106 valence electrons. The fraction of sp³-hybridized carbons (Fsp3) is 0.278. The second kappa shape index (κ2) is 5.88. The van der Waals surface area contributed by atoms with Gasteiger partial charge in [0.2, 0.25) is 0 Å². The van der Waals surface area contributed by atoms with Crippen LogP contribution >= 0.6 is 0 Å². The molecule has 3 rings (SSSR count). The third-order valence-corrected chi connectivity index (χ3v) is 3.89. The van der Waals surface area contributed by atoms with E-state index < -0.39 is 0 Å². The van der Waals surface area contributed by atoms with Gasteiger partial charge in [0, 0.05) is 6.54 Å². The molecule has 1 aliphatic rings. The summed E-state index contributed by atoms with van der Waals surface area (Å²) in [7, 11) is 1.62. The number of para-hydroxylation sites is 1. The Morgan fingerprint density at radius 2 is 2.00 bits per heavy atom. The summed E-state index contributed by atoms with van der Waals surface area (Å²) in [5, 5.41) is 12.6. The molecule has 0 aromatic heterocycles. The van der Waals surface area contributed by atoms with Gasteiger partial charge in [0.15, 0.2) is 0 Å². The summed E-state index contributed by atoms with van der Waals surface area (Å²) in [4.78, 5) is 0. The summed E-state index contributed by atoms with van der Waals surface area (Å²) in [6, 6.07) is 16.3. The first-order valence-electron chi connectivity index (χ1n) is 7.22. The SMILES string of the molecule is COc1cccc(C#N)c1NCc1ccccc1C1CC1. The number of nitriles is 1. The van der Waals surface area contributed by atoms with Gasteiger partial charge >= 0.3 is 0 Å². The first-order chi connectivity index (χ1) is 10.3. The fourth-order valence-electron chi connectivity index (χ4n) is 2.65. The van der Waals surface area contributed by atoms with Crippen LogP contribution in [0.5, 0.6) is 5.75 Å². The molecule has 0 aliphatic heterocycles. The number of hydrogen-bond donors (Lipinski definition) is 1. The summed E-state index contributed by atoms with van der Waals surface area (Å²) in [5.41, 5.74) is 4.11. The van der Waals surface area contributed by atoms with E-state index in [2.05, 4.69) is 35.7 Å². The van der Waals surface area contributed by atoms with Gasteiger partial charge in [-0.05, 0) is 42.0 Å². The molecule has 0 bridgehead atoms. The third-order valence-electron chi connectivity index (χ3n) is 3.89. The summed E-state index contributed by atoms with van der Waals surface area (Å²) in [6.07, 6.45) is 2.57. The highest BCUT2D eigenvalue weighted by Crippen LogP contribution is 2.41. The molecule has 0 unspecified atom stereocenters. The topological polar surface area (TPSA) is 45.0 Å². The van der Waals surface area contributed by atoms with E-state index in [1.165, 1.54) is 24.0 Å². The monoisotopic (exact) mass is 278 g/mol. The van der Waals surface area contributed by atoms with Crippen molar-refractivity contribution in [2.75, 3.05) is 12.4 Å². The van der Waals surface area contributed by atoms with E-state index in [0.29, 0.717) is 17.9 Å². The van der Waals surface area contributed by atoms with Crippen LogP contribution in [0.2, 0.25) is 0 Å². The Hall–Kier alpha value is -2.47. The number of anilines is 1. The fourth-order valence-corrected chi connectivity index (χ4v) is 2.65. The van der Waals surface area contributed by atoms with E-state index in [4.69, 9.17) is 4.74 Å². The molecule has 2 aromatic carbocycles. The van der Waals surface area contributed by atoms with Crippen LogP contribution in [0.1, 0.15) is 35.4 Å². The van der Waals surface area contributed by atoms with Gasteiger partial charge in [-0.2, -0.15) is 5.26 Å². The standard InChI is InChI=1S/C18H18N2O/c1-21-17-8-4-6-14(11-19)18(17)20-12-15-5-2-3-7-16(15)13-9-10-13/h2-8,13,20H,9-10,12H2,1H3. The van der Waals surface area contributed by atoms with E-state index in [1.807, 2.05) is 12.1 Å². The first kappa shape index (κ1) is 13.5. The Balaban J connectivity index is 1.84. The van der Waals surface area contributed by atoms with Crippen molar-refractivity contribution in [3.63, 3.8) is 0 Å². The zero-order chi connectivity index (χ0) is 14.7. The third kappa shape index (κ3) is 2.85. The number of rotatable bonds is 5. The number of hydrogen-bond acceptors (Lipinski definition) is 3. The molecule has 0 atom stereocenters. The molecule has 1 saturated carbocycles. The van der Waals surface area contributed by atoms with Crippen molar-refractivity contribution in [3.8, 4) is 11.8 Å². The Bertz CT molecular complexity index is 684. The molecule has 0 spiro atoms. The van der Waals surface area contributed by atoms with E-state index in [9.17, 15) is 5.26 Å². The van der Waals surface area contributed by atoms with Crippen LogP contribution in [0.3, 0.4) is 0 Å². The summed E-state index contributed by atoms with van der Waals surface area (Å²) in [5.74, 6) is 1.43. The largest absolute Gasteiger partial charge is 0.495 e. The number of benzene rings is 2. The van der Waals surface area contributed by atoms with Gasteiger partial charge in [0.1, 0.15) is 11.8 Å². The predicted octanol–water partition coefficient (Wildman–Crippen LogP) is 4.06. The van der Waals surface area contributed by atoms with Gasteiger partial charge in [-0.25, -0.2) is 0 Å². The second-order valence-corrected chi connectivity index (χ2v) is 5.32. The lowest BCUT2D eigenvalue weighted by molar-refractivity contribution is 0.416. The second-order valence-electron chi connectivity index (χ2n) is 5.32. The molecule has 1 fully saturated rings. The van der Waals surface area contributed by atoms with Crippen molar-refractivity contribution in [2.45, 2.75) is 25.3 Å². The minimum Gasteiger partial charge on any atom is -0.495 e. The predicted molar refractivity (Wildman–Crippen MR) is 83.5 cm³/mol. The highest BCUT2D eigenvalue weighted by atomic mass is 16.5. The molecule has 0 saturated heterocycles. The molecular formula is C18H18N2O. The molecule has 0 radical (unpaired) electrons. The van der Waals surface area contributed by atoms with Gasteiger partial charge in [0.05, 0.1) is 18.4 Å². The van der Waals surface area contributed by atoms with Crippen LogP contribution in [-0.2, 0) is 6.54 Å². The van der Waals surface area contributed by atoms with Crippen molar-refractivity contribution >= 4 is 5.69 Å². The van der Waals surface area contributed by atoms with Gasteiger partial charge < -0.3 is 10.1 Å². The summed E-state index contributed by atoms with van der Waals surface area (Å²) < 4.78 is 5.35. The van der Waals surface area contributed by atoms with Crippen LogP contribution in [0.4, 0.5) is 5.69 Å². The Morgan fingerprint density at radius 3 is 2.71 bits per heavy atom. The molecule has 3 nitrogen and oxygen atoms in total. The van der Waals surface area contributed by atoms with Crippen LogP contribution < -0.4 is 10.1 Å². The van der Waals surface area contributed by atoms with Gasteiger partial charge in [-0.1, -0.05) is 30.3 Å². The molecular weight excluding hydrogens is 260 g/mol. The smallest absolute Gasteiger partial charge is 0.143 e. The maximum Gasteiger partial charge on any atom is 0.143 e. The first-order valence-corrected chi connectivity index (χ1v) is 7.22. The lowest BCUT2D eigenvalue weighted by atomic mass is 10.0. The number of nitrogens with one attached hydrogen (secondary N) is 1. The van der Waals surface area contributed by atoms with E-state index in [-0.39, 0.29) is 0 Å². The Kier molecular flexibility index (Phi) is 3.79. The summed E-state index contributed by atoms with van der Waals surface area (Å²) in [6.45, 7) is 0.710. The highest BCUT2D eigenvalue weighted by molar-refractivity contribution is 5.66. The molecule has 0 amide bonds. The molecule has 1 N–H and O–H groups in total. The number of ether oxygens (including phenoxy) is 1. The lowest BCUT2D eigenvalue weighted by Gasteiger charge is -2.14. The molecule has 21 heavy (non-hydrogen) atoms. The van der Waals surface area contributed by atoms with Gasteiger partial charge in [0.25, 0.3) is 0 Å². The minimum absolute atomic E-state index is 0.609. The maximum absolute atomic E-state index is 9.24. The average molecular weight is 278 g/mol. The number of methoxy groups -OCH3 is 1. The molecule has 0 heterocycles. The lowest BCUT2D eigenvalue weighted by Crippen LogP contribution is -2.05. The molecule has 3 heteroatoms. The van der Waals surface area contributed by atoms with Crippen molar-refractivity contribution in [1.29, 1.82) is 5.26 Å². The van der Waals surface area contributed by atoms with Crippen LogP contribution in [0.15, 0.2) is 42.5 Å².